The van der Waals surface area contributed by atoms with E-state index in [1.54, 1.807) is 22.4 Å². The van der Waals surface area contributed by atoms with E-state index < -0.39 is 0 Å². The highest BCUT2D eigenvalue weighted by Gasteiger charge is 2.10. The minimum Gasteiger partial charge on any atom is -0.305 e. The summed E-state index contributed by atoms with van der Waals surface area (Å²) in [5.74, 6) is 0. The molecule has 0 saturated carbocycles. The lowest BCUT2D eigenvalue weighted by Crippen LogP contribution is -2.25. The molecule has 2 aromatic rings. The Balaban J connectivity index is 2.44. The lowest BCUT2D eigenvalue weighted by atomic mass is 10.2. The number of para-hydroxylation sites is 1. The minimum absolute atomic E-state index is 0.0279. The molecule has 0 saturated heterocycles. The molecule has 0 radical (unpaired) electrons. The van der Waals surface area contributed by atoms with Crippen molar-refractivity contribution in [3.8, 4) is 5.69 Å². The minimum atomic E-state index is -0.0279. The van der Waals surface area contributed by atoms with Gasteiger partial charge < -0.3 is 4.84 Å². The Kier molecular flexibility index (Phi) is 4.19. The molecule has 0 aliphatic heterocycles. The third kappa shape index (κ3) is 2.77. The lowest BCUT2D eigenvalue weighted by Gasteiger charge is -2.10. The maximum absolute atomic E-state index is 12.3. The average molecular weight is 261 g/mol. The summed E-state index contributed by atoms with van der Waals surface area (Å²) in [7, 11) is 1.57. The zero-order chi connectivity index (χ0) is 13.8. The van der Waals surface area contributed by atoms with Crippen molar-refractivity contribution in [3.63, 3.8) is 0 Å². The molecule has 0 spiro atoms. The fourth-order valence-electron chi connectivity index (χ4n) is 2.01. The number of hydroxylamine groups is 1. The second-order valence-electron chi connectivity index (χ2n) is 4.61. The largest absolute Gasteiger partial charge is 0.332 e. The Morgan fingerprint density at radius 3 is 2.63 bits per heavy atom. The molecular formula is C14H19N3O2. The number of nitrogens with one attached hydrogen (secondary N) is 1. The SMILES string of the molecule is CONCc1ccccc1-n1ccn(C(C)C)c1=O. The van der Waals surface area contributed by atoms with Crippen molar-refractivity contribution in [1.29, 1.82) is 0 Å². The second kappa shape index (κ2) is 5.86. The molecule has 5 nitrogen and oxygen atoms in total. The van der Waals surface area contributed by atoms with Gasteiger partial charge in [-0.15, -0.1) is 0 Å². The van der Waals surface area contributed by atoms with Gasteiger partial charge in [0.15, 0.2) is 0 Å². The van der Waals surface area contributed by atoms with Gasteiger partial charge in [-0.25, -0.2) is 4.79 Å². The van der Waals surface area contributed by atoms with Crippen LogP contribution in [0, 0.1) is 0 Å². The monoisotopic (exact) mass is 261 g/mol. The Hall–Kier alpha value is -1.85. The maximum atomic E-state index is 12.3. The van der Waals surface area contributed by atoms with Crippen LogP contribution in [0.25, 0.3) is 5.69 Å². The van der Waals surface area contributed by atoms with Crippen LogP contribution in [-0.2, 0) is 11.4 Å². The molecule has 5 heteroatoms. The average Bonchev–Trinajstić information content (AvgIpc) is 2.78. The molecule has 1 N–H and O–H groups in total. The summed E-state index contributed by atoms with van der Waals surface area (Å²) in [6, 6.07) is 7.92. The number of hydrogen-bond acceptors (Lipinski definition) is 3. The summed E-state index contributed by atoms with van der Waals surface area (Å²) >= 11 is 0. The van der Waals surface area contributed by atoms with E-state index in [0.29, 0.717) is 6.54 Å². The van der Waals surface area contributed by atoms with Crippen LogP contribution in [0.5, 0.6) is 0 Å². The Labute approximate surface area is 112 Å². The van der Waals surface area contributed by atoms with Gasteiger partial charge in [0.05, 0.1) is 12.8 Å². The topological polar surface area (TPSA) is 48.2 Å². The summed E-state index contributed by atoms with van der Waals surface area (Å²) in [5.41, 5.74) is 4.65. The highest BCUT2D eigenvalue weighted by Crippen LogP contribution is 2.13. The van der Waals surface area contributed by atoms with Gasteiger partial charge in [0.2, 0.25) is 0 Å². The number of nitrogens with zero attached hydrogens (tertiary/aromatic N) is 2. The molecular weight excluding hydrogens is 242 g/mol. The smallest absolute Gasteiger partial charge is 0.305 e. The normalized spacial score (nSPS) is 11.2. The van der Waals surface area contributed by atoms with Crippen LogP contribution >= 0.6 is 0 Å². The van der Waals surface area contributed by atoms with E-state index in [4.69, 9.17) is 4.84 Å². The van der Waals surface area contributed by atoms with Gasteiger partial charge >= 0.3 is 5.69 Å². The van der Waals surface area contributed by atoms with Crippen LogP contribution in [0.15, 0.2) is 41.5 Å². The predicted molar refractivity (Wildman–Crippen MR) is 74.3 cm³/mol. The van der Waals surface area contributed by atoms with Gasteiger partial charge in [-0.05, 0) is 25.5 Å². The lowest BCUT2D eigenvalue weighted by molar-refractivity contribution is 0.0867. The summed E-state index contributed by atoms with van der Waals surface area (Å²) in [5, 5.41) is 0. The Morgan fingerprint density at radius 1 is 1.26 bits per heavy atom. The van der Waals surface area contributed by atoms with E-state index in [2.05, 4.69) is 5.48 Å². The van der Waals surface area contributed by atoms with Crippen LogP contribution < -0.4 is 11.2 Å². The molecule has 0 atom stereocenters. The third-order valence-corrected chi connectivity index (χ3v) is 3.02. The molecule has 102 valence electrons. The predicted octanol–water partition coefficient (Wildman–Crippen LogP) is 1.87. The molecule has 0 unspecified atom stereocenters. The fraction of sp³-hybridized carbons (Fsp3) is 0.357. The van der Waals surface area contributed by atoms with Crippen LogP contribution in [0.4, 0.5) is 0 Å². The van der Waals surface area contributed by atoms with Crippen molar-refractivity contribution < 1.29 is 4.84 Å². The quantitative estimate of drug-likeness (QED) is 0.836. The molecule has 0 bridgehead atoms. The number of hydrogen-bond donors (Lipinski definition) is 1. The van der Waals surface area contributed by atoms with Crippen LogP contribution in [-0.4, -0.2) is 16.2 Å². The highest BCUT2D eigenvalue weighted by atomic mass is 16.6. The van der Waals surface area contributed by atoms with Crippen molar-refractivity contribution in [2.75, 3.05) is 7.11 Å². The molecule has 19 heavy (non-hydrogen) atoms. The zero-order valence-electron chi connectivity index (χ0n) is 11.5. The van der Waals surface area contributed by atoms with Gasteiger partial charge in [-0.2, -0.15) is 5.48 Å². The molecule has 0 fully saturated rings. The van der Waals surface area contributed by atoms with Gasteiger partial charge in [0.25, 0.3) is 0 Å². The molecule has 1 aromatic carbocycles. The van der Waals surface area contributed by atoms with Crippen LogP contribution in [0.3, 0.4) is 0 Å². The van der Waals surface area contributed by atoms with Crippen LogP contribution in [0.2, 0.25) is 0 Å². The van der Waals surface area contributed by atoms with Gasteiger partial charge in [0.1, 0.15) is 0 Å². The maximum Gasteiger partial charge on any atom is 0.332 e. The third-order valence-electron chi connectivity index (χ3n) is 3.02. The number of benzene rings is 1. The van der Waals surface area contributed by atoms with E-state index in [1.165, 1.54) is 0 Å². The number of imidazole rings is 1. The molecule has 0 aliphatic rings. The molecule has 0 aliphatic carbocycles. The van der Waals surface area contributed by atoms with Gasteiger partial charge in [-0.3, -0.25) is 9.13 Å². The summed E-state index contributed by atoms with van der Waals surface area (Å²) < 4.78 is 3.37. The first-order chi connectivity index (χ1) is 9.15. The summed E-state index contributed by atoms with van der Waals surface area (Å²) in [6.07, 6.45) is 3.61. The molecule has 2 rings (SSSR count). The molecule has 1 aromatic heterocycles. The first-order valence-corrected chi connectivity index (χ1v) is 6.28. The Bertz CT molecular complexity index is 599. The van der Waals surface area contributed by atoms with E-state index in [-0.39, 0.29) is 11.7 Å². The first-order valence-electron chi connectivity index (χ1n) is 6.28. The van der Waals surface area contributed by atoms with Crippen molar-refractivity contribution in [1.82, 2.24) is 14.6 Å². The molecule has 1 heterocycles. The second-order valence-corrected chi connectivity index (χ2v) is 4.61. The zero-order valence-corrected chi connectivity index (χ0v) is 11.5. The van der Waals surface area contributed by atoms with Crippen LogP contribution in [0.1, 0.15) is 25.5 Å². The fourth-order valence-corrected chi connectivity index (χ4v) is 2.01. The summed E-state index contributed by atoms with van der Waals surface area (Å²) in [6.45, 7) is 4.53. The standard InChI is InChI=1S/C14H19N3O2/c1-11(2)16-8-9-17(14(16)18)13-7-5-4-6-12(13)10-15-19-3/h4-9,11,15H,10H2,1-3H3. The number of aromatic nitrogens is 2. The van der Waals surface area contributed by atoms with Crippen molar-refractivity contribution in [3.05, 3.63) is 52.7 Å². The number of rotatable bonds is 5. The van der Waals surface area contributed by atoms with E-state index >= 15 is 0 Å². The van der Waals surface area contributed by atoms with Gasteiger partial charge in [0, 0.05) is 25.0 Å². The van der Waals surface area contributed by atoms with Gasteiger partial charge in [-0.1, -0.05) is 18.2 Å². The van der Waals surface area contributed by atoms with Crippen molar-refractivity contribution in [2.24, 2.45) is 0 Å². The van der Waals surface area contributed by atoms with Crippen molar-refractivity contribution >= 4 is 0 Å². The summed E-state index contributed by atoms with van der Waals surface area (Å²) in [4.78, 5) is 17.2. The highest BCUT2D eigenvalue weighted by molar-refractivity contribution is 5.40. The molecule has 0 amide bonds. The van der Waals surface area contributed by atoms with E-state index in [1.807, 2.05) is 44.3 Å². The van der Waals surface area contributed by atoms with E-state index in [0.717, 1.165) is 11.3 Å². The first kappa shape index (κ1) is 13.6. The van der Waals surface area contributed by atoms with E-state index in [9.17, 15) is 4.79 Å². The Morgan fingerprint density at radius 2 is 2.00 bits per heavy atom. The van der Waals surface area contributed by atoms with Crippen molar-refractivity contribution in [2.45, 2.75) is 26.4 Å².